The number of carbonyl (C=O) groups excluding carboxylic acids is 1. The molecule has 0 bridgehead atoms. The van der Waals surface area contributed by atoms with Crippen LogP contribution in [-0.2, 0) is 9.23 Å². The number of hydrogen-bond donors (Lipinski definition) is 1. The fraction of sp³-hybridized carbons (Fsp3) is 0. The number of aromatic carboxylic acids is 1. The summed E-state index contributed by atoms with van der Waals surface area (Å²) >= 11 is 9.51. The van der Waals surface area contributed by atoms with Crippen molar-refractivity contribution in [3.8, 4) is 0 Å². The normalized spacial score (nSPS) is 9.25. The van der Waals surface area contributed by atoms with Crippen LogP contribution in [0.4, 0.5) is 0 Å². The Morgan fingerprint density at radius 2 is 1.12 bits per heavy atom. The summed E-state index contributed by atoms with van der Waals surface area (Å²) in [4.78, 5) is 20.8. The fourth-order valence-electron chi connectivity index (χ4n) is 1.17. The fourth-order valence-corrected chi connectivity index (χ4v) is 2.02. The van der Waals surface area contributed by atoms with Crippen molar-refractivity contribution in [2.24, 2.45) is 0 Å². The maximum atomic E-state index is 10.5. The number of carbonyl (C=O) groups is 2. The predicted molar refractivity (Wildman–Crippen MR) is 115 cm³/mol. The molecule has 0 spiro atoms. The molecule has 0 aliphatic carbocycles. The van der Waals surface area contributed by atoms with E-state index < -0.39 is 20.4 Å². The standard InChI is InChI=1S/C7H4ClIO.C7H5IO2.Cl2OS/c8-7(10)5-1-3-6(9)4-2-5;8-6-3-1-5(2-4-6)7(9)10;1-4(2)3/h1-4H;1-4H,(H,9,10);. The minimum Gasteiger partial charge on any atom is -0.478 e. The molecule has 0 fully saturated rings. The molecule has 0 unspecified atom stereocenters. The van der Waals surface area contributed by atoms with Gasteiger partial charge in [-0.3, -0.25) is 4.79 Å². The van der Waals surface area contributed by atoms with Crippen molar-refractivity contribution in [1.82, 2.24) is 0 Å². The average molecular weight is 633 g/mol. The highest BCUT2D eigenvalue weighted by atomic mass is 127. The minimum absolute atomic E-state index is 0.334. The Hall–Kier alpha value is 0.0600. The van der Waals surface area contributed by atoms with Crippen LogP contribution in [0.15, 0.2) is 48.5 Å². The third-order valence-corrected chi connectivity index (χ3v) is 3.82. The molecule has 0 heterocycles. The summed E-state index contributed by atoms with van der Waals surface area (Å²) in [6, 6.07) is 13.8. The molecule has 2 rings (SSSR count). The monoisotopic (exact) mass is 632 g/mol. The smallest absolute Gasteiger partial charge is 0.335 e. The van der Waals surface area contributed by atoms with Crippen LogP contribution in [-0.4, -0.2) is 20.5 Å². The van der Waals surface area contributed by atoms with Crippen molar-refractivity contribution in [3.63, 3.8) is 0 Å². The first-order chi connectivity index (χ1) is 11.1. The van der Waals surface area contributed by atoms with Gasteiger partial charge < -0.3 is 5.11 Å². The van der Waals surface area contributed by atoms with E-state index in [9.17, 15) is 9.59 Å². The van der Waals surface area contributed by atoms with E-state index in [0.29, 0.717) is 11.1 Å². The number of halogens is 5. The highest BCUT2D eigenvalue weighted by Gasteiger charge is 1.99. The second kappa shape index (κ2) is 13.3. The van der Waals surface area contributed by atoms with Gasteiger partial charge in [0.25, 0.3) is 5.24 Å². The number of benzene rings is 2. The largest absolute Gasteiger partial charge is 0.478 e. The van der Waals surface area contributed by atoms with Crippen molar-refractivity contribution < 1.29 is 18.9 Å². The Labute approximate surface area is 182 Å². The summed E-state index contributed by atoms with van der Waals surface area (Å²) in [6.45, 7) is 0. The van der Waals surface area contributed by atoms with Gasteiger partial charge in [0, 0.05) is 34.1 Å². The van der Waals surface area contributed by atoms with Gasteiger partial charge in [0.2, 0.25) is 9.23 Å². The zero-order chi connectivity index (χ0) is 18.7. The van der Waals surface area contributed by atoms with E-state index in [-0.39, 0.29) is 0 Å². The van der Waals surface area contributed by atoms with Gasteiger partial charge in [0.05, 0.1) is 5.56 Å². The maximum absolute atomic E-state index is 10.5. The number of rotatable bonds is 2. The van der Waals surface area contributed by atoms with E-state index in [1.807, 2.05) is 12.1 Å². The summed E-state index contributed by atoms with van der Waals surface area (Å²) in [7, 11) is 7.36. The zero-order valence-electron chi connectivity index (χ0n) is 11.6. The molecule has 0 aromatic heterocycles. The summed E-state index contributed by atoms with van der Waals surface area (Å²) in [5.41, 5.74) is 0.877. The van der Waals surface area contributed by atoms with Gasteiger partial charge in [-0.15, -0.1) is 0 Å². The van der Waals surface area contributed by atoms with Crippen LogP contribution in [0.5, 0.6) is 0 Å². The Bertz CT molecular complexity index is 635. The van der Waals surface area contributed by atoms with Gasteiger partial charge >= 0.3 is 5.97 Å². The van der Waals surface area contributed by atoms with Crippen molar-refractivity contribution in [2.45, 2.75) is 0 Å². The molecule has 2 aromatic carbocycles. The van der Waals surface area contributed by atoms with Crippen molar-refractivity contribution in [3.05, 3.63) is 66.8 Å². The molecule has 0 aliphatic rings. The van der Waals surface area contributed by atoms with Gasteiger partial charge in [-0.05, 0) is 105 Å². The van der Waals surface area contributed by atoms with Gasteiger partial charge in [-0.2, -0.15) is 0 Å². The van der Waals surface area contributed by atoms with Gasteiger partial charge in [-0.25, -0.2) is 9.00 Å². The van der Waals surface area contributed by atoms with Gasteiger partial charge in [0.15, 0.2) is 0 Å². The summed E-state index contributed by atoms with van der Waals surface area (Å²) in [6.07, 6.45) is 0. The summed E-state index contributed by atoms with van der Waals surface area (Å²) in [5.74, 6) is -0.878. The van der Waals surface area contributed by atoms with E-state index in [0.717, 1.165) is 7.14 Å². The minimum atomic E-state index is -1.67. The quantitative estimate of drug-likeness (QED) is 0.341. The molecule has 0 atom stereocenters. The molecular weight excluding hydrogens is 624 g/mol. The second-order valence-electron chi connectivity index (χ2n) is 3.78. The number of carboxylic acids is 1. The number of hydrogen-bond acceptors (Lipinski definition) is 3. The van der Waals surface area contributed by atoms with Crippen LogP contribution in [0.3, 0.4) is 0 Å². The van der Waals surface area contributed by atoms with Gasteiger partial charge in [-0.1, -0.05) is 0 Å². The Morgan fingerprint density at radius 3 is 1.38 bits per heavy atom. The van der Waals surface area contributed by atoms with E-state index in [4.69, 9.17) is 20.9 Å². The summed E-state index contributed by atoms with van der Waals surface area (Å²) in [5, 5.41) is 8.07. The van der Waals surface area contributed by atoms with E-state index >= 15 is 0 Å². The van der Waals surface area contributed by atoms with Crippen molar-refractivity contribution in [1.29, 1.82) is 0 Å². The first kappa shape index (κ1) is 24.1. The molecule has 0 saturated carbocycles. The van der Waals surface area contributed by atoms with Crippen LogP contribution in [0.2, 0.25) is 0 Å². The lowest BCUT2D eigenvalue weighted by atomic mass is 10.2. The molecule has 10 heteroatoms. The van der Waals surface area contributed by atoms with Crippen LogP contribution < -0.4 is 0 Å². The SMILES string of the molecule is O=C(Cl)c1ccc(I)cc1.O=C(O)c1ccc(I)cc1.O=S(Cl)Cl. The van der Waals surface area contributed by atoms with Crippen LogP contribution in [0.25, 0.3) is 0 Å². The molecular formula is C14H9Cl3I2O4S. The first-order valence-electron chi connectivity index (χ1n) is 5.82. The predicted octanol–water partition coefficient (Wildman–Crippen LogP) is 5.70. The first-order valence-corrected chi connectivity index (χ1v) is 11.2. The van der Waals surface area contributed by atoms with Crippen LogP contribution in [0.1, 0.15) is 20.7 Å². The van der Waals surface area contributed by atoms with Crippen LogP contribution in [0, 0.1) is 7.14 Å². The molecule has 24 heavy (non-hydrogen) atoms. The summed E-state index contributed by atoms with van der Waals surface area (Å²) < 4.78 is 11.2. The molecule has 0 radical (unpaired) electrons. The molecule has 0 aliphatic heterocycles. The van der Waals surface area contributed by atoms with Crippen molar-refractivity contribution >= 4 is 98.6 Å². The Balaban J connectivity index is 0.000000363. The zero-order valence-corrected chi connectivity index (χ0v) is 19.0. The van der Waals surface area contributed by atoms with Crippen LogP contribution >= 0.6 is 78.1 Å². The van der Waals surface area contributed by atoms with E-state index in [2.05, 4.69) is 66.5 Å². The molecule has 4 nitrogen and oxygen atoms in total. The lowest BCUT2D eigenvalue weighted by Crippen LogP contribution is -1.94. The average Bonchev–Trinajstić information content (AvgIpc) is 2.48. The lowest BCUT2D eigenvalue weighted by Gasteiger charge is -1.91. The van der Waals surface area contributed by atoms with Crippen molar-refractivity contribution in [2.75, 3.05) is 0 Å². The molecule has 130 valence electrons. The molecule has 2 aromatic rings. The highest BCUT2D eigenvalue weighted by molar-refractivity contribution is 14.1. The molecule has 0 saturated heterocycles. The lowest BCUT2D eigenvalue weighted by molar-refractivity contribution is 0.0696. The second-order valence-corrected chi connectivity index (χ2v) is 9.14. The Kier molecular flexibility index (Phi) is 13.3. The molecule has 0 amide bonds. The Morgan fingerprint density at radius 1 is 0.833 bits per heavy atom. The third kappa shape index (κ3) is 12.4. The molecule has 1 N–H and O–H groups in total. The topological polar surface area (TPSA) is 71.4 Å². The highest BCUT2D eigenvalue weighted by Crippen LogP contribution is 2.08. The van der Waals surface area contributed by atoms with Gasteiger partial charge in [0.1, 0.15) is 0 Å². The third-order valence-electron chi connectivity index (χ3n) is 2.16. The maximum Gasteiger partial charge on any atom is 0.335 e. The number of carboxylic acid groups (broad SMARTS) is 1. The van der Waals surface area contributed by atoms with E-state index in [1.54, 1.807) is 36.4 Å². The van der Waals surface area contributed by atoms with E-state index in [1.165, 1.54) is 0 Å².